The molecule has 2 saturated carbocycles. The number of benzene rings is 4. The van der Waals surface area contributed by atoms with Crippen molar-refractivity contribution in [2.24, 2.45) is 23.7 Å². The zero-order valence-electron chi connectivity index (χ0n) is 23.5. The van der Waals surface area contributed by atoms with Crippen LogP contribution in [0.1, 0.15) is 75.6 Å². The van der Waals surface area contributed by atoms with E-state index in [4.69, 9.17) is 11.6 Å². The highest BCUT2D eigenvalue weighted by atomic mass is 35.5. The molecule has 39 heavy (non-hydrogen) atoms. The summed E-state index contributed by atoms with van der Waals surface area (Å²) >= 11 is 6.45. The number of halogens is 1. The molecule has 8 rings (SSSR count). The monoisotopic (exact) mass is 528 g/mol. The van der Waals surface area contributed by atoms with Gasteiger partial charge >= 0.3 is 0 Å². The Morgan fingerprint density at radius 3 is 2.31 bits per heavy atom. The first-order valence-corrected chi connectivity index (χ1v) is 15.4. The van der Waals surface area contributed by atoms with Gasteiger partial charge in [0.15, 0.2) is 0 Å². The van der Waals surface area contributed by atoms with Crippen molar-refractivity contribution in [3.63, 3.8) is 0 Å². The van der Waals surface area contributed by atoms with Gasteiger partial charge in [-0.05, 0) is 123 Å². The molecule has 0 nitrogen and oxygen atoms in total. The Morgan fingerprint density at radius 1 is 0.641 bits per heavy atom. The maximum atomic E-state index is 6.45. The molecule has 196 valence electrons. The maximum absolute atomic E-state index is 6.45. The van der Waals surface area contributed by atoms with Gasteiger partial charge in [-0.2, -0.15) is 0 Å². The summed E-state index contributed by atoms with van der Waals surface area (Å²) in [4.78, 5) is 0. The Hall–Kier alpha value is -2.83. The summed E-state index contributed by atoms with van der Waals surface area (Å²) in [5.74, 6) is 3.11. The Kier molecular flexibility index (Phi) is 4.99. The second-order valence-corrected chi connectivity index (χ2v) is 14.2. The number of rotatable bonds is 1. The van der Waals surface area contributed by atoms with Crippen molar-refractivity contribution in [1.82, 2.24) is 0 Å². The molecule has 0 amide bonds. The minimum Gasteiger partial charge on any atom is -0.0843 e. The van der Waals surface area contributed by atoms with Crippen LogP contribution in [0.5, 0.6) is 0 Å². The van der Waals surface area contributed by atoms with Gasteiger partial charge in [0.05, 0.1) is 0 Å². The molecule has 0 aliphatic heterocycles. The maximum Gasteiger partial charge on any atom is 0.0412 e. The molecular formula is C38H37Cl. The molecule has 2 fully saturated rings. The molecule has 1 spiro atoms. The molecule has 0 aromatic heterocycles. The molecule has 0 radical (unpaired) electrons. The molecule has 5 atom stereocenters. The summed E-state index contributed by atoms with van der Waals surface area (Å²) < 4.78 is 0. The predicted octanol–water partition coefficient (Wildman–Crippen LogP) is 10.7. The van der Waals surface area contributed by atoms with E-state index in [1.807, 2.05) is 6.07 Å². The lowest BCUT2D eigenvalue weighted by atomic mass is 9.49. The SMILES string of the molecule is CC1CC2CC(C)C3(c4ccccc4-c4c(-c5ccc6c(c5)C(C)(C)c5ccc(Cl)cc5-6)cccc43)C(C1)C2. The summed E-state index contributed by atoms with van der Waals surface area (Å²) in [5, 5.41) is 0.810. The Bertz CT molecular complexity index is 1650. The van der Waals surface area contributed by atoms with Crippen LogP contribution >= 0.6 is 11.6 Å². The standard InChI is InChI=1S/C38H37Cl/c1-22-16-24-18-23(2)38(26(17-22)19-24)33-10-6-5-8-30(33)36-28(9-7-11-34(36)38)25-12-14-29-31-21-27(39)13-15-32(31)37(3,4)35(29)20-25/h5-15,20-24,26H,16-19H2,1-4H3. The van der Waals surface area contributed by atoms with Gasteiger partial charge < -0.3 is 0 Å². The van der Waals surface area contributed by atoms with Crippen molar-refractivity contribution in [3.05, 3.63) is 106 Å². The van der Waals surface area contributed by atoms with Gasteiger partial charge in [-0.25, -0.2) is 0 Å². The molecule has 4 aromatic rings. The lowest BCUT2D eigenvalue weighted by Gasteiger charge is -2.54. The van der Waals surface area contributed by atoms with Crippen LogP contribution in [0, 0.1) is 23.7 Å². The van der Waals surface area contributed by atoms with E-state index in [-0.39, 0.29) is 10.8 Å². The van der Waals surface area contributed by atoms with Gasteiger partial charge in [-0.3, -0.25) is 0 Å². The lowest BCUT2D eigenvalue weighted by Crippen LogP contribution is -2.49. The third-order valence-electron chi connectivity index (χ3n) is 11.2. The van der Waals surface area contributed by atoms with Gasteiger partial charge in [0.25, 0.3) is 0 Å². The highest BCUT2D eigenvalue weighted by Crippen LogP contribution is 2.65. The largest absolute Gasteiger partial charge is 0.0843 e. The minimum atomic E-state index is -0.0481. The first-order valence-electron chi connectivity index (χ1n) is 15.0. The Morgan fingerprint density at radius 2 is 1.44 bits per heavy atom. The normalized spacial score (nSPS) is 29.1. The van der Waals surface area contributed by atoms with Crippen LogP contribution in [0.25, 0.3) is 33.4 Å². The fourth-order valence-corrected chi connectivity index (χ4v) is 10.1. The van der Waals surface area contributed by atoms with Gasteiger partial charge in [-0.15, -0.1) is 0 Å². The van der Waals surface area contributed by atoms with E-state index >= 15 is 0 Å². The van der Waals surface area contributed by atoms with E-state index in [0.29, 0.717) is 5.92 Å². The van der Waals surface area contributed by atoms with Crippen LogP contribution in [0.2, 0.25) is 5.02 Å². The van der Waals surface area contributed by atoms with Crippen molar-refractivity contribution in [1.29, 1.82) is 0 Å². The summed E-state index contributed by atoms with van der Waals surface area (Å²) in [6, 6.07) is 30.2. The summed E-state index contributed by atoms with van der Waals surface area (Å²) in [6.45, 7) is 9.78. The smallest absolute Gasteiger partial charge is 0.0412 e. The van der Waals surface area contributed by atoms with E-state index < -0.39 is 0 Å². The summed E-state index contributed by atoms with van der Waals surface area (Å²) in [5.41, 5.74) is 14.4. The van der Waals surface area contributed by atoms with Gasteiger partial charge in [0, 0.05) is 15.9 Å². The van der Waals surface area contributed by atoms with E-state index in [1.54, 1.807) is 11.1 Å². The van der Waals surface area contributed by atoms with Gasteiger partial charge in [0.2, 0.25) is 0 Å². The molecular weight excluding hydrogens is 492 g/mol. The topological polar surface area (TPSA) is 0 Å². The van der Waals surface area contributed by atoms with Crippen LogP contribution < -0.4 is 0 Å². The lowest BCUT2D eigenvalue weighted by molar-refractivity contribution is 0.0426. The third kappa shape index (κ3) is 3.08. The van der Waals surface area contributed by atoms with E-state index in [2.05, 4.69) is 100 Å². The molecule has 4 aliphatic carbocycles. The predicted molar refractivity (Wildman–Crippen MR) is 164 cm³/mol. The summed E-state index contributed by atoms with van der Waals surface area (Å²) in [7, 11) is 0. The molecule has 4 aliphatic rings. The van der Waals surface area contributed by atoms with E-state index in [0.717, 1.165) is 22.8 Å². The van der Waals surface area contributed by atoms with Crippen LogP contribution in [0.15, 0.2) is 78.9 Å². The quantitative estimate of drug-likeness (QED) is 0.230. The number of hydrogen-bond acceptors (Lipinski definition) is 0. The van der Waals surface area contributed by atoms with Gasteiger partial charge in [-0.1, -0.05) is 100.0 Å². The summed E-state index contributed by atoms with van der Waals surface area (Å²) in [6.07, 6.45) is 5.52. The number of hydrogen-bond donors (Lipinski definition) is 0. The highest BCUT2D eigenvalue weighted by Gasteiger charge is 2.56. The van der Waals surface area contributed by atoms with Crippen molar-refractivity contribution in [2.75, 3.05) is 0 Å². The van der Waals surface area contributed by atoms with E-state index in [9.17, 15) is 0 Å². The van der Waals surface area contributed by atoms with Crippen LogP contribution in [0.3, 0.4) is 0 Å². The average Bonchev–Trinajstić information content (AvgIpc) is 3.34. The molecule has 0 heterocycles. The van der Waals surface area contributed by atoms with Crippen molar-refractivity contribution in [2.45, 2.75) is 64.2 Å². The molecule has 4 aromatic carbocycles. The first kappa shape index (κ1) is 24.0. The van der Waals surface area contributed by atoms with E-state index in [1.165, 1.54) is 70.2 Å². The van der Waals surface area contributed by atoms with Crippen molar-refractivity contribution < 1.29 is 0 Å². The fourth-order valence-electron chi connectivity index (χ4n) is 9.90. The van der Waals surface area contributed by atoms with Gasteiger partial charge in [0.1, 0.15) is 0 Å². The van der Waals surface area contributed by atoms with Crippen LogP contribution in [-0.4, -0.2) is 0 Å². The minimum absolute atomic E-state index is 0.0481. The highest BCUT2D eigenvalue weighted by molar-refractivity contribution is 6.31. The molecule has 0 saturated heterocycles. The van der Waals surface area contributed by atoms with Crippen molar-refractivity contribution >= 4 is 11.6 Å². The second kappa shape index (κ2) is 8.11. The zero-order valence-corrected chi connectivity index (χ0v) is 24.3. The Balaban J connectivity index is 1.35. The molecule has 2 bridgehead atoms. The molecule has 0 N–H and O–H groups in total. The Labute approximate surface area is 238 Å². The second-order valence-electron chi connectivity index (χ2n) is 13.7. The fraction of sp³-hybridized carbons (Fsp3) is 0.368. The molecule has 1 heteroatoms. The zero-order chi connectivity index (χ0) is 26.7. The van der Waals surface area contributed by atoms with Crippen LogP contribution in [-0.2, 0) is 10.8 Å². The van der Waals surface area contributed by atoms with Crippen LogP contribution in [0.4, 0.5) is 0 Å². The molecule has 5 unspecified atom stereocenters. The number of fused-ring (bicyclic) bond motifs is 11. The third-order valence-corrected chi connectivity index (χ3v) is 11.5. The average molecular weight is 529 g/mol. The van der Waals surface area contributed by atoms with Crippen molar-refractivity contribution in [3.8, 4) is 33.4 Å². The first-order chi connectivity index (χ1) is 18.8.